The first-order valence-electron chi connectivity index (χ1n) is 8.73. The summed E-state index contributed by atoms with van der Waals surface area (Å²) in [4.78, 5) is 13.4. The number of para-hydroxylation sites is 1. The molecule has 4 heterocycles. The van der Waals surface area contributed by atoms with Gasteiger partial charge in [-0.3, -0.25) is 9.97 Å². The van der Waals surface area contributed by atoms with Crippen LogP contribution in [0.1, 0.15) is 17.2 Å². The minimum absolute atomic E-state index is 0.637. The van der Waals surface area contributed by atoms with E-state index >= 15 is 0 Å². The van der Waals surface area contributed by atoms with Gasteiger partial charge in [-0.25, -0.2) is 0 Å². The van der Waals surface area contributed by atoms with Crippen LogP contribution in [0.5, 0.6) is 0 Å². The Balaban J connectivity index is 1.69. The lowest BCUT2D eigenvalue weighted by atomic mass is 9.98. The van der Waals surface area contributed by atoms with E-state index in [1.807, 2.05) is 48.5 Å². The fraction of sp³-hybridized carbons (Fsp3) is 0.0476. The van der Waals surface area contributed by atoms with E-state index in [4.69, 9.17) is 0 Å². The lowest BCUT2D eigenvalue weighted by Crippen LogP contribution is -2.01. The van der Waals surface area contributed by atoms with E-state index in [0.29, 0.717) is 5.82 Å². The maximum Gasteiger partial charge on any atom is 0.171 e. The molecule has 0 spiro atoms. The highest BCUT2D eigenvalue weighted by Crippen LogP contribution is 2.42. The number of benzene rings is 1. The molecule has 0 aliphatic carbocycles. The van der Waals surface area contributed by atoms with E-state index in [1.165, 1.54) is 0 Å². The number of hydrogen-bond acceptors (Lipinski definition) is 6. The number of aromatic nitrogens is 5. The summed E-state index contributed by atoms with van der Waals surface area (Å²) in [6, 6.07) is 15.6. The SMILES string of the molecule is OC(c1cc(-c2ccncc2)sc1-c1nnc[nH]1)c1ccnc2ccccc12. The second kappa shape index (κ2) is 6.95. The Hall–Kier alpha value is -3.42. The van der Waals surface area contributed by atoms with Crippen molar-refractivity contribution >= 4 is 22.2 Å². The van der Waals surface area contributed by atoms with Crippen LogP contribution < -0.4 is 0 Å². The molecule has 1 atom stereocenters. The maximum atomic E-state index is 11.3. The molecule has 0 aliphatic rings. The number of aromatic amines is 1. The third-order valence-corrected chi connectivity index (χ3v) is 5.84. The van der Waals surface area contributed by atoms with E-state index in [-0.39, 0.29) is 0 Å². The molecule has 0 saturated heterocycles. The van der Waals surface area contributed by atoms with E-state index in [1.54, 1.807) is 36.3 Å². The number of hydrogen-bond donors (Lipinski definition) is 2. The number of aliphatic hydroxyl groups excluding tert-OH is 1. The summed E-state index contributed by atoms with van der Waals surface area (Å²) in [6.45, 7) is 0. The number of aliphatic hydroxyl groups is 1. The predicted octanol–water partition coefficient (Wildman–Crippen LogP) is 4.23. The summed E-state index contributed by atoms with van der Waals surface area (Å²) in [5.74, 6) is 0.637. The van der Waals surface area contributed by atoms with Crippen molar-refractivity contribution < 1.29 is 5.11 Å². The second-order valence-corrected chi connectivity index (χ2v) is 7.34. The third kappa shape index (κ3) is 2.87. The molecule has 0 aliphatic heterocycles. The number of fused-ring (bicyclic) bond motifs is 1. The molecular formula is C21H15N5OS. The molecule has 5 rings (SSSR count). The van der Waals surface area contributed by atoms with Crippen molar-refractivity contribution in [1.29, 1.82) is 0 Å². The maximum absolute atomic E-state index is 11.3. The van der Waals surface area contributed by atoms with E-state index in [9.17, 15) is 5.11 Å². The number of thiophene rings is 1. The minimum Gasteiger partial charge on any atom is -0.384 e. The van der Waals surface area contributed by atoms with Gasteiger partial charge in [0.2, 0.25) is 0 Å². The average molecular weight is 385 g/mol. The Morgan fingerprint density at radius 3 is 2.64 bits per heavy atom. The molecule has 1 unspecified atom stereocenters. The lowest BCUT2D eigenvalue weighted by Gasteiger charge is -2.13. The van der Waals surface area contributed by atoms with Gasteiger partial charge in [-0.15, -0.1) is 21.5 Å². The van der Waals surface area contributed by atoms with Crippen LogP contribution in [0.25, 0.3) is 32.0 Å². The molecule has 4 aromatic heterocycles. The highest BCUT2D eigenvalue weighted by Gasteiger charge is 2.23. The Morgan fingerprint density at radius 1 is 0.964 bits per heavy atom. The van der Waals surface area contributed by atoms with Gasteiger partial charge < -0.3 is 10.1 Å². The Morgan fingerprint density at radius 2 is 1.82 bits per heavy atom. The topological polar surface area (TPSA) is 87.6 Å². The minimum atomic E-state index is -0.820. The van der Waals surface area contributed by atoms with Gasteiger partial charge in [0.15, 0.2) is 5.82 Å². The monoisotopic (exact) mass is 385 g/mol. The van der Waals surface area contributed by atoms with Gasteiger partial charge in [0.05, 0.1) is 10.4 Å². The molecule has 2 N–H and O–H groups in total. The zero-order chi connectivity index (χ0) is 18.9. The zero-order valence-electron chi connectivity index (χ0n) is 14.6. The van der Waals surface area contributed by atoms with Crippen molar-refractivity contribution in [3.63, 3.8) is 0 Å². The van der Waals surface area contributed by atoms with Crippen LogP contribution in [-0.2, 0) is 0 Å². The van der Waals surface area contributed by atoms with Gasteiger partial charge in [-0.1, -0.05) is 18.2 Å². The fourth-order valence-corrected chi connectivity index (χ4v) is 4.44. The highest BCUT2D eigenvalue weighted by atomic mass is 32.1. The van der Waals surface area contributed by atoms with Crippen LogP contribution in [0.3, 0.4) is 0 Å². The van der Waals surface area contributed by atoms with Crippen molar-refractivity contribution in [2.45, 2.75) is 6.10 Å². The van der Waals surface area contributed by atoms with Gasteiger partial charge in [-0.2, -0.15) is 0 Å². The van der Waals surface area contributed by atoms with Crippen molar-refractivity contribution in [2.24, 2.45) is 0 Å². The van der Waals surface area contributed by atoms with Gasteiger partial charge in [0.25, 0.3) is 0 Å². The smallest absolute Gasteiger partial charge is 0.171 e. The molecule has 6 nitrogen and oxygen atoms in total. The van der Waals surface area contributed by atoms with Crippen LogP contribution in [0.15, 0.2) is 73.4 Å². The Bertz CT molecular complexity index is 1230. The Kier molecular flexibility index (Phi) is 4.16. The van der Waals surface area contributed by atoms with Crippen LogP contribution in [0, 0.1) is 0 Å². The lowest BCUT2D eigenvalue weighted by molar-refractivity contribution is 0.223. The molecule has 136 valence electrons. The van der Waals surface area contributed by atoms with Gasteiger partial charge >= 0.3 is 0 Å². The summed E-state index contributed by atoms with van der Waals surface area (Å²) in [5.41, 5.74) is 3.49. The van der Waals surface area contributed by atoms with Gasteiger partial charge in [-0.05, 0) is 41.5 Å². The molecule has 0 bridgehead atoms. The molecule has 7 heteroatoms. The second-order valence-electron chi connectivity index (χ2n) is 6.29. The van der Waals surface area contributed by atoms with Gasteiger partial charge in [0, 0.05) is 34.4 Å². The quantitative estimate of drug-likeness (QED) is 0.483. The number of rotatable bonds is 4. The summed E-state index contributed by atoms with van der Waals surface area (Å²) in [5, 5.41) is 20.3. The van der Waals surface area contributed by atoms with Crippen molar-refractivity contribution in [3.8, 4) is 21.1 Å². The van der Waals surface area contributed by atoms with Crippen molar-refractivity contribution in [3.05, 3.63) is 84.6 Å². The summed E-state index contributed by atoms with van der Waals surface area (Å²) in [7, 11) is 0. The summed E-state index contributed by atoms with van der Waals surface area (Å²) < 4.78 is 0. The molecule has 1 aromatic carbocycles. The van der Waals surface area contributed by atoms with Crippen LogP contribution >= 0.6 is 11.3 Å². The van der Waals surface area contributed by atoms with Crippen LogP contribution in [-0.4, -0.2) is 30.3 Å². The standard InChI is InChI=1S/C21H15N5OS/c27-19(15-7-10-23-17-4-2-1-3-14(15)17)16-11-18(13-5-8-22-9-6-13)28-20(16)21-24-12-25-26-21/h1-12,19,27H,(H,24,25,26). The average Bonchev–Trinajstić information content (AvgIpc) is 3.43. The van der Waals surface area contributed by atoms with E-state index in [2.05, 4.69) is 25.1 Å². The zero-order valence-corrected chi connectivity index (χ0v) is 15.5. The first-order chi connectivity index (χ1) is 13.8. The number of nitrogens with zero attached hydrogens (tertiary/aromatic N) is 4. The van der Waals surface area contributed by atoms with E-state index < -0.39 is 6.10 Å². The summed E-state index contributed by atoms with van der Waals surface area (Å²) in [6.07, 6.45) is 5.97. The molecule has 28 heavy (non-hydrogen) atoms. The van der Waals surface area contributed by atoms with Crippen LogP contribution in [0.4, 0.5) is 0 Å². The first-order valence-corrected chi connectivity index (χ1v) is 9.55. The molecule has 0 radical (unpaired) electrons. The van der Waals surface area contributed by atoms with E-state index in [0.717, 1.165) is 37.3 Å². The fourth-order valence-electron chi connectivity index (χ4n) is 3.29. The number of H-pyrrole nitrogens is 1. The normalized spacial score (nSPS) is 12.3. The van der Waals surface area contributed by atoms with Gasteiger partial charge in [0.1, 0.15) is 12.4 Å². The molecule has 0 saturated carbocycles. The largest absolute Gasteiger partial charge is 0.384 e. The molecular weight excluding hydrogens is 370 g/mol. The molecule has 5 aromatic rings. The third-order valence-electron chi connectivity index (χ3n) is 4.63. The first kappa shape index (κ1) is 16.7. The number of nitrogens with one attached hydrogen (secondary N) is 1. The van der Waals surface area contributed by atoms with Crippen molar-refractivity contribution in [1.82, 2.24) is 25.1 Å². The Labute approximate surface area is 164 Å². The predicted molar refractivity (Wildman–Crippen MR) is 109 cm³/mol. The highest BCUT2D eigenvalue weighted by molar-refractivity contribution is 7.19. The number of pyridine rings is 2. The molecule has 0 amide bonds. The molecule has 0 fully saturated rings. The van der Waals surface area contributed by atoms with Crippen LogP contribution in [0.2, 0.25) is 0 Å². The summed E-state index contributed by atoms with van der Waals surface area (Å²) >= 11 is 1.56. The van der Waals surface area contributed by atoms with Crippen molar-refractivity contribution in [2.75, 3.05) is 0 Å².